The Morgan fingerprint density at radius 1 is 1.18 bits per heavy atom. The van der Waals surface area contributed by atoms with Crippen LogP contribution in [0.2, 0.25) is 0 Å². The SMILES string of the molecule is CCCCS(F)(F)(F)(F)Cl.F. The quantitative estimate of drug-likeness (QED) is 0.614. The van der Waals surface area contributed by atoms with Crippen molar-refractivity contribution in [3.8, 4) is 0 Å². The van der Waals surface area contributed by atoms with Crippen LogP contribution in [0.15, 0.2) is 0 Å². The molecule has 0 nitrogen and oxygen atoms in total. The highest BCUT2D eigenvalue weighted by atomic mass is 35.7. The summed E-state index contributed by atoms with van der Waals surface area (Å²) in [5.41, 5.74) is 0. The molecule has 0 saturated heterocycles. The fourth-order valence-electron chi connectivity index (χ4n) is 0.417. The zero-order chi connectivity index (χ0) is 8.53. The third-order valence-electron chi connectivity index (χ3n) is 0.884. The van der Waals surface area contributed by atoms with Crippen molar-refractivity contribution in [1.29, 1.82) is 0 Å². The van der Waals surface area contributed by atoms with Gasteiger partial charge >= 0.3 is 0 Å². The molecule has 0 bridgehead atoms. The van der Waals surface area contributed by atoms with Crippen molar-refractivity contribution in [2.75, 3.05) is 5.75 Å². The second kappa shape index (κ2) is 2.65. The predicted molar refractivity (Wildman–Crippen MR) is 40.2 cm³/mol. The van der Waals surface area contributed by atoms with E-state index in [1.54, 1.807) is 6.92 Å². The summed E-state index contributed by atoms with van der Waals surface area (Å²) in [6.07, 6.45) is 0.0411. The van der Waals surface area contributed by atoms with Crippen molar-refractivity contribution in [2.45, 2.75) is 19.8 Å². The largest absolute Gasteiger partial charge is 0.269 e. The summed E-state index contributed by atoms with van der Waals surface area (Å²) >= 11 is 0. The maximum atomic E-state index is 11.8. The zero-order valence-corrected chi connectivity index (χ0v) is 7.40. The van der Waals surface area contributed by atoms with E-state index in [9.17, 15) is 15.5 Å². The molecule has 0 aliphatic rings. The van der Waals surface area contributed by atoms with Crippen LogP contribution < -0.4 is 0 Å². The maximum absolute atomic E-state index is 11.8. The van der Waals surface area contributed by atoms with Crippen LogP contribution in [0.25, 0.3) is 0 Å². The summed E-state index contributed by atoms with van der Waals surface area (Å²) in [6, 6.07) is 0. The first-order valence-corrected chi connectivity index (χ1v) is 5.81. The second-order valence-electron chi connectivity index (χ2n) is 2.19. The van der Waals surface area contributed by atoms with Gasteiger partial charge in [-0.2, -0.15) is 0 Å². The standard InChI is InChI=1S/C4H9ClF4S.FH/c1-2-3-4-10(5,6,7,8)9;/h2-4H2,1H3;1H. The van der Waals surface area contributed by atoms with Crippen molar-refractivity contribution < 1.29 is 20.2 Å². The van der Waals surface area contributed by atoms with E-state index >= 15 is 0 Å². The molecular formula is C4H10ClF5S. The summed E-state index contributed by atoms with van der Waals surface area (Å²) in [5.74, 6) is -1.49. The van der Waals surface area contributed by atoms with Gasteiger partial charge in [0.1, 0.15) is 0 Å². The van der Waals surface area contributed by atoms with Crippen LogP contribution in [-0.4, -0.2) is 5.75 Å². The van der Waals surface area contributed by atoms with E-state index in [1.807, 2.05) is 0 Å². The first kappa shape index (κ1) is 13.9. The van der Waals surface area contributed by atoms with E-state index in [1.165, 1.54) is 0 Å². The Kier molecular flexibility index (Phi) is 3.34. The number of halogens is 6. The Morgan fingerprint density at radius 2 is 1.55 bits per heavy atom. The van der Waals surface area contributed by atoms with Crippen LogP contribution in [0.5, 0.6) is 0 Å². The Balaban J connectivity index is 0. The van der Waals surface area contributed by atoms with Crippen molar-refractivity contribution in [2.24, 2.45) is 0 Å². The predicted octanol–water partition coefficient (Wildman–Crippen LogP) is 4.51. The molecule has 0 N–H and O–H groups in total. The van der Waals surface area contributed by atoms with Gasteiger partial charge < -0.3 is 0 Å². The minimum absolute atomic E-state index is 0. The molecule has 0 spiro atoms. The Hall–Kier alpha value is 0.290. The molecule has 0 saturated carbocycles. The number of hydrogen-bond donors (Lipinski definition) is 0. The van der Waals surface area contributed by atoms with Crippen molar-refractivity contribution in [3.05, 3.63) is 0 Å². The summed E-state index contributed by atoms with van der Waals surface area (Å²) in [7, 11) is -4.21. The van der Waals surface area contributed by atoms with Gasteiger partial charge in [-0.15, -0.1) is 15.5 Å². The maximum Gasteiger partial charge on any atom is 0.230 e. The Morgan fingerprint density at radius 3 is 1.64 bits per heavy atom. The summed E-state index contributed by atoms with van der Waals surface area (Å²) < 4.78 is 47.3. The summed E-state index contributed by atoms with van der Waals surface area (Å²) in [4.78, 5) is 0. The van der Waals surface area contributed by atoms with Gasteiger partial charge in [0.25, 0.3) is 0 Å². The van der Waals surface area contributed by atoms with Gasteiger partial charge in [-0.25, -0.2) is 0 Å². The molecule has 7 heteroatoms. The van der Waals surface area contributed by atoms with Gasteiger partial charge in [-0.3, -0.25) is 4.70 Å². The van der Waals surface area contributed by atoms with Crippen LogP contribution in [0.4, 0.5) is 20.2 Å². The van der Waals surface area contributed by atoms with Gasteiger partial charge in [-0.05, 0) is 6.42 Å². The minimum Gasteiger partial charge on any atom is -0.269 e. The molecule has 0 atom stereocenters. The topological polar surface area (TPSA) is 0 Å². The van der Waals surface area contributed by atoms with E-state index in [4.69, 9.17) is 0 Å². The number of unbranched alkanes of at least 4 members (excludes halogenated alkanes) is 1. The van der Waals surface area contributed by atoms with Gasteiger partial charge in [0.15, 0.2) is 0 Å². The molecule has 0 aliphatic heterocycles. The molecule has 0 aromatic heterocycles. The number of rotatable bonds is 3. The molecule has 0 aromatic carbocycles. The lowest BCUT2D eigenvalue weighted by molar-refractivity contribution is 0.475. The van der Waals surface area contributed by atoms with E-state index in [-0.39, 0.29) is 17.5 Å². The Labute approximate surface area is 66.2 Å². The molecule has 74 valence electrons. The minimum atomic E-state index is -8.08. The highest BCUT2D eigenvalue weighted by molar-refractivity contribution is 8.65. The fourth-order valence-corrected chi connectivity index (χ4v) is 1.58. The smallest absolute Gasteiger partial charge is 0.230 e. The van der Waals surface area contributed by atoms with Crippen LogP contribution in [0.3, 0.4) is 0 Å². The molecule has 0 rings (SSSR count). The van der Waals surface area contributed by atoms with Gasteiger partial charge in [0, 0.05) is 10.7 Å². The molecule has 0 aliphatic carbocycles. The average Bonchev–Trinajstić information content (AvgIpc) is 1.55. The highest BCUT2D eigenvalue weighted by Crippen LogP contribution is 3.00. The molecule has 0 amide bonds. The third kappa shape index (κ3) is 13.3. The summed E-state index contributed by atoms with van der Waals surface area (Å²) in [6.45, 7) is 1.54. The van der Waals surface area contributed by atoms with E-state index < -0.39 is 14.8 Å². The van der Waals surface area contributed by atoms with Crippen LogP contribution in [0.1, 0.15) is 19.8 Å². The van der Waals surface area contributed by atoms with E-state index in [0.717, 1.165) is 0 Å². The van der Waals surface area contributed by atoms with E-state index in [2.05, 4.69) is 10.7 Å². The Bertz CT molecular complexity index is 124. The first-order chi connectivity index (χ1) is 4.04. The van der Waals surface area contributed by atoms with Gasteiger partial charge in [-0.1, -0.05) is 13.3 Å². The lowest BCUT2D eigenvalue weighted by atomic mass is 10.4. The van der Waals surface area contributed by atoms with Crippen molar-refractivity contribution in [3.63, 3.8) is 0 Å². The van der Waals surface area contributed by atoms with Gasteiger partial charge in [0.2, 0.25) is 9.05 Å². The van der Waals surface area contributed by atoms with Gasteiger partial charge in [0.05, 0.1) is 5.75 Å². The lowest BCUT2D eigenvalue weighted by Gasteiger charge is -2.42. The van der Waals surface area contributed by atoms with E-state index in [0.29, 0.717) is 0 Å². The van der Waals surface area contributed by atoms with Crippen LogP contribution in [0, 0.1) is 0 Å². The lowest BCUT2D eigenvalue weighted by Crippen LogP contribution is -2.08. The average molecular weight is 221 g/mol. The molecule has 11 heavy (non-hydrogen) atoms. The van der Waals surface area contributed by atoms with Crippen molar-refractivity contribution >= 4 is 19.7 Å². The normalized spacial score (nSPS) is 18.0. The fraction of sp³-hybridized carbons (Fsp3) is 1.00. The van der Waals surface area contributed by atoms with Crippen LogP contribution in [-0.2, 0) is 0 Å². The molecular weight excluding hydrogens is 211 g/mol. The number of hydrogen-bond acceptors (Lipinski definition) is 0. The van der Waals surface area contributed by atoms with Crippen LogP contribution >= 0.6 is 19.7 Å². The first-order valence-electron chi connectivity index (χ1n) is 2.77. The molecule has 0 unspecified atom stereocenters. The highest BCUT2D eigenvalue weighted by Gasteiger charge is 2.59. The molecule has 0 radical (unpaired) electrons. The summed E-state index contributed by atoms with van der Waals surface area (Å²) in [5, 5.41) is 0. The second-order valence-corrected chi connectivity index (χ2v) is 6.91. The molecule has 0 heterocycles. The van der Waals surface area contributed by atoms with Crippen molar-refractivity contribution in [1.82, 2.24) is 0 Å². The third-order valence-corrected chi connectivity index (χ3v) is 2.41. The zero-order valence-electron chi connectivity index (χ0n) is 5.83. The molecule has 0 aromatic rings. The molecule has 0 fully saturated rings. The monoisotopic (exact) mass is 220 g/mol.